The molecule has 0 bridgehead atoms. The topological polar surface area (TPSA) is 17.8 Å². The zero-order valence-corrected chi connectivity index (χ0v) is 27.9. The van der Waals surface area contributed by atoms with E-state index in [2.05, 4.69) is 187 Å². The highest BCUT2D eigenvalue weighted by molar-refractivity contribution is 7.26. The smallest absolute Gasteiger partial charge is 0.0716 e. The van der Waals surface area contributed by atoms with Crippen LogP contribution < -0.4 is 0 Å². The Morgan fingerprint density at radius 1 is 0.380 bits per heavy atom. The summed E-state index contributed by atoms with van der Waals surface area (Å²) in [5.41, 5.74) is 12.4. The zero-order chi connectivity index (χ0) is 33.0. The highest BCUT2D eigenvalue weighted by Crippen LogP contribution is 2.42. The number of rotatable bonds is 5. The van der Waals surface area contributed by atoms with Crippen molar-refractivity contribution in [3.63, 3.8) is 0 Å². The van der Waals surface area contributed by atoms with Crippen molar-refractivity contribution in [1.29, 1.82) is 0 Å². The summed E-state index contributed by atoms with van der Waals surface area (Å²) in [6.07, 6.45) is 0. The fraction of sp³-hybridized carbons (Fsp3) is 0. The van der Waals surface area contributed by atoms with Crippen molar-refractivity contribution in [3.8, 4) is 50.5 Å². The fourth-order valence-electron chi connectivity index (χ4n) is 7.43. The first-order valence-corrected chi connectivity index (χ1v) is 17.8. The Balaban J connectivity index is 1.22. The summed E-state index contributed by atoms with van der Waals surface area (Å²) in [6.45, 7) is 0. The summed E-state index contributed by atoms with van der Waals surface area (Å²) >= 11 is 1.87. The van der Waals surface area contributed by atoms with E-state index in [9.17, 15) is 0 Å². The summed E-state index contributed by atoms with van der Waals surface area (Å²) < 4.78 is 4.98. The molecule has 234 valence electrons. The van der Waals surface area contributed by atoms with Crippen LogP contribution in [-0.2, 0) is 0 Å². The highest BCUT2D eigenvalue weighted by Gasteiger charge is 2.17. The monoisotopic (exact) mass is 654 g/mol. The molecular weight excluding hydrogens is 625 g/mol. The van der Waals surface area contributed by atoms with E-state index in [1.54, 1.807) is 0 Å². The maximum absolute atomic E-state index is 5.41. The molecule has 0 radical (unpaired) electrons. The molecule has 10 rings (SSSR count). The molecule has 3 heteroatoms. The van der Waals surface area contributed by atoms with Crippen LogP contribution in [0.15, 0.2) is 182 Å². The van der Waals surface area contributed by atoms with Crippen LogP contribution in [0.4, 0.5) is 0 Å². The van der Waals surface area contributed by atoms with Gasteiger partial charge in [0, 0.05) is 47.8 Å². The zero-order valence-electron chi connectivity index (χ0n) is 27.1. The van der Waals surface area contributed by atoms with E-state index in [0.29, 0.717) is 0 Å². The predicted octanol–water partition coefficient (Wildman–Crippen LogP) is 13.2. The summed E-state index contributed by atoms with van der Waals surface area (Å²) in [5.74, 6) is 0. The number of hydrogen-bond acceptors (Lipinski definition) is 2. The predicted molar refractivity (Wildman–Crippen MR) is 213 cm³/mol. The van der Waals surface area contributed by atoms with E-state index in [1.807, 2.05) is 11.3 Å². The second-order valence-electron chi connectivity index (χ2n) is 12.8. The Kier molecular flexibility index (Phi) is 6.71. The molecule has 10 aromatic rings. The van der Waals surface area contributed by atoms with Gasteiger partial charge in [0.2, 0.25) is 0 Å². The molecule has 2 nitrogen and oxygen atoms in total. The molecule has 0 N–H and O–H groups in total. The largest absolute Gasteiger partial charge is 0.309 e. The number of aromatic nitrogens is 2. The van der Waals surface area contributed by atoms with Gasteiger partial charge in [0.25, 0.3) is 0 Å². The summed E-state index contributed by atoms with van der Waals surface area (Å²) in [6, 6.07) is 65.5. The number of benzene rings is 7. The van der Waals surface area contributed by atoms with Gasteiger partial charge in [-0.3, -0.25) is 0 Å². The minimum atomic E-state index is 0.951. The minimum absolute atomic E-state index is 0.951. The molecule has 0 amide bonds. The first-order chi connectivity index (χ1) is 24.8. The lowest BCUT2D eigenvalue weighted by atomic mass is 9.97. The lowest BCUT2D eigenvalue weighted by Gasteiger charge is -2.13. The van der Waals surface area contributed by atoms with Gasteiger partial charge in [-0.15, -0.1) is 11.3 Å². The molecule has 3 aromatic heterocycles. The summed E-state index contributed by atoms with van der Waals surface area (Å²) in [4.78, 5) is 5.41. The summed E-state index contributed by atoms with van der Waals surface area (Å²) in [5, 5.41) is 5.08. The molecular formula is C47H30N2S. The first kappa shape index (κ1) is 28.7. The van der Waals surface area contributed by atoms with E-state index in [1.165, 1.54) is 58.7 Å². The second kappa shape index (κ2) is 11.7. The molecule has 0 aliphatic rings. The Hall–Kier alpha value is -6.29. The van der Waals surface area contributed by atoms with Gasteiger partial charge in [0.15, 0.2) is 0 Å². The van der Waals surface area contributed by atoms with Crippen molar-refractivity contribution >= 4 is 53.3 Å². The van der Waals surface area contributed by atoms with Crippen LogP contribution >= 0.6 is 11.3 Å². The molecule has 0 fully saturated rings. The average molecular weight is 655 g/mol. The quantitative estimate of drug-likeness (QED) is 0.181. The van der Waals surface area contributed by atoms with Gasteiger partial charge in [-0.2, -0.15) is 0 Å². The molecule has 0 atom stereocenters. The first-order valence-electron chi connectivity index (χ1n) is 17.0. The third-order valence-corrected chi connectivity index (χ3v) is 11.0. The average Bonchev–Trinajstić information content (AvgIpc) is 3.74. The van der Waals surface area contributed by atoms with Crippen molar-refractivity contribution in [2.75, 3.05) is 0 Å². The van der Waals surface area contributed by atoms with Gasteiger partial charge in [-0.25, -0.2) is 4.98 Å². The number of fused-ring (bicyclic) bond motifs is 6. The Bertz CT molecular complexity index is 2860. The van der Waals surface area contributed by atoms with E-state index in [4.69, 9.17) is 4.98 Å². The number of thiophene rings is 1. The van der Waals surface area contributed by atoms with Crippen LogP contribution in [0.1, 0.15) is 0 Å². The molecule has 3 heterocycles. The maximum Gasteiger partial charge on any atom is 0.0716 e. The standard InChI is InChI=1S/C47H30N2S/c1-3-13-31(14-4-1)32-15-11-16-33(27-32)42-28-35(37-21-12-22-41-40-20-8-10-24-46(40)50-47(37)41)29-43(48-42)34-25-26-39-38-19-7-9-23-44(38)49(45(39)30-34)36-17-5-2-6-18-36/h1-30H. The lowest BCUT2D eigenvalue weighted by Crippen LogP contribution is -1.94. The van der Waals surface area contributed by atoms with Gasteiger partial charge < -0.3 is 4.57 Å². The van der Waals surface area contributed by atoms with Gasteiger partial charge in [0.05, 0.1) is 22.4 Å². The molecule has 0 unspecified atom stereocenters. The van der Waals surface area contributed by atoms with Crippen molar-refractivity contribution in [2.45, 2.75) is 0 Å². The lowest BCUT2D eigenvalue weighted by molar-refractivity contribution is 1.18. The van der Waals surface area contributed by atoms with Gasteiger partial charge >= 0.3 is 0 Å². The number of hydrogen-bond donors (Lipinski definition) is 0. The Labute approximate surface area is 294 Å². The van der Waals surface area contributed by atoms with Crippen molar-refractivity contribution < 1.29 is 0 Å². The third-order valence-electron chi connectivity index (χ3n) is 9.79. The van der Waals surface area contributed by atoms with Crippen LogP contribution in [-0.4, -0.2) is 9.55 Å². The van der Waals surface area contributed by atoms with Crippen LogP contribution in [0.3, 0.4) is 0 Å². The molecule has 0 spiro atoms. The van der Waals surface area contributed by atoms with Crippen LogP contribution in [0.5, 0.6) is 0 Å². The van der Waals surface area contributed by atoms with Crippen LogP contribution in [0, 0.1) is 0 Å². The van der Waals surface area contributed by atoms with Crippen molar-refractivity contribution in [3.05, 3.63) is 182 Å². The van der Waals surface area contributed by atoms with Gasteiger partial charge in [-0.1, -0.05) is 133 Å². The number of nitrogens with zero attached hydrogens (tertiary/aromatic N) is 2. The van der Waals surface area contributed by atoms with E-state index < -0.39 is 0 Å². The minimum Gasteiger partial charge on any atom is -0.309 e. The van der Waals surface area contributed by atoms with Crippen LogP contribution in [0.25, 0.3) is 92.4 Å². The summed E-state index contributed by atoms with van der Waals surface area (Å²) in [7, 11) is 0. The van der Waals surface area contributed by atoms with Crippen molar-refractivity contribution in [1.82, 2.24) is 9.55 Å². The van der Waals surface area contributed by atoms with Gasteiger partial charge in [0.1, 0.15) is 0 Å². The molecule has 0 saturated heterocycles. The number of para-hydroxylation sites is 2. The second-order valence-corrected chi connectivity index (χ2v) is 13.8. The normalized spacial score (nSPS) is 11.6. The highest BCUT2D eigenvalue weighted by atomic mass is 32.1. The maximum atomic E-state index is 5.41. The van der Waals surface area contributed by atoms with E-state index in [-0.39, 0.29) is 0 Å². The van der Waals surface area contributed by atoms with Crippen molar-refractivity contribution in [2.24, 2.45) is 0 Å². The number of pyridine rings is 1. The van der Waals surface area contributed by atoms with Crippen LogP contribution in [0.2, 0.25) is 0 Å². The molecule has 0 aliphatic carbocycles. The fourth-order valence-corrected chi connectivity index (χ4v) is 8.67. The third kappa shape index (κ3) is 4.74. The van der Waals surface area contributed by atoms with Gasteiger partial charge in [-0.05, 0) is 70.8 Å². The molecule has 7 aromatic carbocycles. The Morgan fingerprint density at radius 2 is 1.00 bits per heavy atom. The molecule has 0 aliphatic heterocycles. The molecule has 50 heavy (non-hydrogen) atoms. The SMILES string of the molecule is c1ccc(-c2cccc(-c3cc(-c4cccc5c4sc4ccccc45)cc(-c4ccc5c6ccccc6n(-c6ccccc6)c5c4)n3)c2)cc1. The van der Waals surface area contributed by atoms with E-state index >= 15 is 0 Å². The Morgan fingerprint density at radius 3 is 1.84 bits per heavy atom. The molecule has 0 saturated carbocycles. The van der Waals surface area contributed by atoms with E-state index in [0.717, 1.165) is 33.8 Å².